The molecule has 0 unspecified atom stereocenters. The number of ether oxygens (including phenoxy) is 9. The molecule has 196 valence electrons. The van der Waals surface area contributed by atoms with Crippen LogP contribution in [0.25, 0.3) is 0 Å². The van der Waals surface area contributed by atoms with Crippen LogP contribution < -0.4 is 0 Å². The third kappa shape index (κ3) is 27.7. The summed E-state index contributed by atoms with van der Waals surface area (Å²) in [5.41, 5.74) is 0.375. The van der Waals surface area contributed by atoms with Crippen molar-refractivity contribution in [2.45, 2.75) is 6.92 Å². The fraction of sp³-hybridized carbons (Fsp3) is 0.864. The monoisotopic (exact) mass is 592 g/mol. The van der Waals surface area contributed by atoms with Gasteiger partial charge >= 0.3 is 5.97 Å². The minimum atomic E-state index is -0.407. The summed E-state index contributed by atoms with van der Waals surface area (Å²) in [6.07, 6.45) is 0. The molecule has 0 saturated carbocycles. The number of esters is 1. The van der Waals surface area contributed by atoms with E-state index in [0.717, 1.165) is 11.0 Å². The number of alkyl halides is 1. The van der Waals surface area contributed by atoms with E-state index < -0.39 is 5.97 Å². The first-order valence-electron chi connectivity index (χ1n) is 11.2. The topological polar surface area (TPSA) is 100 Å². The molecule has 0 aromatic rings. The maximum atomic E-state index is 11.1. The average molecular weight is 592 g/mol. The summed E-state index contributed by atoms with van der Waals surface area (Å²) in [4.78, 5) is 11.1. The van der Waals surface area contributed by atoms with Crippen molar-refractivity contribution in [2.75, 3.05) is 117 Å². The second-order valence-corrected chi connectivity index (χ2v) is 7.58. The van der Waals surface area contributed by atoms with Gasteiger partial charge in [0.15, 0.2) is 0 Å². The summed E-state index contributed by atoms with van der Waals surface area (Å²) in [5.74, 6) is -0.407. The maximum Gasteiger partial charge on any atom is 0.333 e. The van der Waals surface area contributed by atoms with E-state index in [0.29, 0.717) is 105 Å². The lowest BCUT2D eigenvalue weighted by molar-refractivity contribution is -0.140. The minimum absolute atomic E-state index is 0.207. The van der Waals surface area contributed by atoms with E-state index in [1.165, 1.54) is 0 Å². The van der Waals surface area contributed by atoms with Gasteiger partial charge in [-0.3, -0.25) is 0 Å². The summed E-state index contributed by atoms with van der Waals surface area (Å²) in [6, 6.07) is 0. The molecule has 11 heteroatoms. The van der Waals surface area contributed by atoms with Gasteiger partial charge in [-0.25, -0.2) is 4.79 Å². The molecule has 0 aromatic carbocycles. The predicted octanol–water partition coefficient (Wildman–Crippen LogP) is 1.67. The molecular weight excluding hydrogens is 551 g/mol. The Hall–Kier alpha value is -0.380. The number of carbonyl (C=O) groups is 1. The molecule has 0 aliphatic carbocycles. The van der Waals surface area contributed by atoms with Crippen LogP contribution in [0.5, 0.6) is 0 Å². The number of rotatable bonds is 27. The Bertz CT molecular complexity index is 439. The van der Waals surface area contributed by atoms with Gasteiger partial charge in [0.25, 0.3) is 0 Å². The fourth-order valence-electron chi connectivity index (χ4n) is 2.01. The number of carbonyl (C=O) groups excluding carboxylic acids is 1. The summed E-state index contributed by atoms with van der Waals surface area (Å²) in [6.45, 7) is 13.7. The van der Waals surface area contributed by atoms with Crippen LogP contribution in [0, 0.1) is 0 Å². The second-order valence-electron chi connectivity index (χ2n) is 6.50. The van der Waals surface area contributed by atoms with E-state index in [9.17, 15) is 4.79 Å². The van der Waals surface area contributed by atoms with Crippen LogP contribution in [0.2, 0.25) is 0 Å². The molecule has 0 atom stereocenters. The molecular formula is C22H41IO10. The van der Waals surface area contributed by atoms with Crippen LogP contribution in [0.3, 0.4) is 0 Å². The van der Waals surface area contributed by atoms with E-state index in [-0.39, 0.29) is 6.61 Å². The van der Waals surface area contributed by atoms with E-state index in [1.807, 2.05) is 0 Å². The van der Waals surface area contributed by atoms with E-state index in [2.05, 4.69) is 29.2 Å². The molecule has 0 aliphatic rings. The Kier molecular flexibility index (Phi) is 27.5. The molecule has 0 saturated heterocycles. The lowest BCUT2D eigenvalue weighted by atomic mass is 10.4. The highest BCUT2D eigenvalue weighted by Gasteiger charge is 2.01. The molecule has 0 radical (unpaired) electrons. The highest BCUT2D eigenvalue weighted by molar-refractivity contribution is 14.1. The van der Waals surface area contributed by atoms with Crippen molar-refractivity contribution in [3.05, 3.63) is 12.2 Å². The summed E-state index contributed by atoms with van der Waals surface area (Å²) < 4.78 is 48.9. The quantitative estimate of drug-likeness (QED) is 0.0461. The zero-order chi connectivity index (χ0) is 24.2. The maximum absolute atomic E-state index is 11.1. The standard InChI is InChI=1S/C22H41IO10/c1-21(2)22(24)33-20-19-32-18-17-31-16-15-30-14-13-29-12-11-28-10-9-27-8-7-26-6-5-25-4-3-23/h1,3-20H2,2H3. The number of hydrogen-bond acceptors (Lipinski definition) is 10. The first-order valence-corrected chi connectivity index (χ1v) is 12.7. The van der Waals surface area contributed by atoms with Gasteiger partial charge in [0.2, 0.25) is 0 Å². The van der Waals surface area contributed by atoms with Crippen LogP contribution in [-0.4, -0.2) is 123 Å². The molecule has 0 fully saturated rings. The molecule has 10 nitrogen and oxygen atoms in total. The minimum Gasteiger partial charge on any atom is -0.460 e. The first kappa shape index (κ1) is 32.6. The number of halogens is 1. The van der Waals surface area contributed by atoms with Gasteiger partial charge in [0.05, 0.1) is 106 Å². The van der Waals surface area contributed by atoms with Gasteiger partial charge in [-0.1, -0.05) is 29.2 Å². The summed E-state index contributed by atoms with van der Waals surface area (Å²) in [7, 11) is 0. The van der Waals surface area contributed by atoms with Gasteiger partial charge in [0, 0.05) is 10.0 Å². The Morgan fingerprint density at radius 2 is 0.758 bits per heavy atom. The average Bonchev–Trinajstić information content (AvgIpc) is 2.81. The zero-order valence-corrected chi connectivity index (χ0v) is 22.1. The Labute approximate surface area is 211 Å². The molecule has 0 spiro atoms. The third-order valence-corrected chi connectivity index (χ3v) is 4.08. The molecule has 0 aliphatic heterocycles. The van der Waals surface area contributed by atoms with Crippen LogP contribution >= 0.6 is 22.6 Å². The molecule has 0 N–H and O–H groups in total. The highest BCUT2D eigenvalue weighted by Crippen LogP contribution is 1.92. The molecule has 0 rings (SSSR count). The van der Waals surface area contributed by atoms with Gasteiger partial charge in [-0.05, 0) is 6.92 Å². The van der Waals surface area contributed by atoms with Gasteiger partial charge in [0.1, 0.15) is 6.61 Å². The predicted molar refractivity (Wildman–Crippen MR) is 131 cm³/mol. The van der Waals surface area contributed by atoms with Crippen LogP contribution in [0.4, 0.5) is 0 Å². The molecule has 0 heterocycles. The van der Waals surface area contributed by atoms with Crippen LogP contribution in [0.1, 0.15) is 6.92 Å². The largest absolute Gasteiger partial charge is 0.460 e. The zero-order valence-electron chi connectivity index (χ0n) is 19.9. The van der Waals surface area contributed by atoms with Crippen LogP contribution in [-0.2, 0) is 47.4 Å². The Balaban J connectivity index is 3.05. The fourth-order valence-corrected chi connectivity index (χ4v) is 2.32. The van der Waals surface area contributed by atoms with Gasteiger partial charge in [-0.2, -0.15) is 0 Å². The lowest BCUT2D eigenvalue weighted by Gasteiger charge is -2.08. The normalized spacial score (nSPS) is 11.1. The molecule has 0 aromatic heterocycles. The van der Waals surface area contributed by atoms with Crippen molar-refractivity contribution in [2.24, 2.45) is 0 Å². The van der Waals surface area contributed by atoms with Crippen molar-refractivity contribution < 1.29 is 47.4 Å². The molecule has 0 amide bonds. The second kappa shape index (κ2) is 27.9. The SMILES string of the molecule is C=C(C)C(=O)OCCOCCOCCOCCOCCOCCOCCOCCOCCI. The Morgan fingerprint density at radius 1 is 0.515 bits per heavy atom. The van der Waals surface area contributed by atoms with Crippen LogP contribution in [0.15, 0.2) is 12.2 Å². The van der Waals surface area contributed by atoms with Crippen molar-refractivity contribution in [1.29, 1.82) is 0 Å². The third-order valence-electron chi connectivity index (χ3n) is 3.63. The smallest absolute Gasteiger partial charge is 0.333 e. The summed E-state index contributed by atoms with van der Waals surface area (Å²) >= 11 is 2.27. The van der Waals surface area contributed by atoms with E-state index in [1.54, 1.807) is 6.92 Å². The summed E-state index contributed by atoms with van der Waals surface area (Å²) in [5, 5.41) is 0. The molecule has 0 bridgehead atoms. The molecule has 33 heavy (non-hydrogen) atoms. The highest BCUT2D eigenvalue weighted by atomic mass is 127. The lowest BCUT2D eigenvalue weighted by Crippen LogP contribution is -2.15. The van der Waals surface area contributed by atoms with E-state index >= 15 is 0 Å². The van der Waals surface area contributed by atoms with Crippen molar-refractivity contribution in [1.82, 2.24) is 0 Å². The van der Waals surface area contributed by atoms with Gasteiger partial charge < -0.3 is 42.6 Å². The number of hydrogen-bond donors (Lipinski definition) is 0. The van der Waals surface area contributed by atoms with Crippen molar-refractivity contribution in [3.63, 3.8) is 0 Å². The van der Waals surface area contributed by atoms with E-state index in [4.69, 9.17) is 42.6 Å². The van der Waals surface area contributed by atoms with Gasteiger partial charge in [-0.15, -0.1) is 0 Å². The first-order chi connectivity index (χ1) is 16.2. The Morgan fingerprint density at radius 3 is 1.00 bits per heavy atom. The van der Waals surface area contributed by atoms with Crippen molar-refractivity contribution >= 4 is 28.6 Å². The van der Waals surface area contributed by atoms with Crippen molar-refractivity contribution in [3.8, 4) is 0 Å².